The Kier molecular flexibility index (Phi) is 5.44. The average molecular weight is 484 g/mol. The van der Waals surface area contributed by atoms with Crippen molar-refractivity contribution in [2.24, 2.45) is 7.05 Å². The van der Waals surface area contributed by atoms with Crippen LogP contribution >= 0.6 is 23.2 Å². The highest BCUT2D eigenvalue weighted by Crippen LogP contribution is 2.37. The van der Waals surface area contributed by atoms with Gasteiger partial charge in [0.2, 0.25) is 0 Å². The first-order chi connectivity index (χ1) is 15.9. The van der Waals surface area contributed by atoms with E-state index in [4.69, 9.17) is 23.2 Å². The summed E-state index contributed by atoms with van der Waals surface area (Å²) in [5.74, 6) is -0.823. The van der Waals surface area contributed by atoms with Gasteiger partial charge < -0.3 is 9.67 Å². The van der Waals surface area contributed by atoms with Crippen LogP contribution in [0.1, 0.15) is 5.69 Å². The lowest BCUT2D eigenvalue weighted by Gasteiger charge is -2.15. The third kappa shape index (κ3) is 3.60. The molecule has 0 spiro atoms. The molecule has 0 amide bonds. The number of benzene rings is 3. The fourth-order valence-corrected chi connectivity index (χ4v) is 4.36. The second kappa shape index (κ2) is 8.30. The van der Waals surface area contributed by atoms with Gasteiger partial charge in [-0.3, -0.25) is 4.57 Å². The maximum absolute atomic E-state index is 15.3. The topological polar surface area (TPSA) is 43.0 Å². The Balaban J connectivity index is 1.87. The molecule has 4 nitrogen and oxygen atoms in total. The van der Waals surface area contributed by atoms with Gasteiger partial charge in [-0.25, -0.2) is 13.8 Å². The van der Waals surface area contributed by atoms with Crippen molar-refractivity contribution in [3.05, 3.63) is 94.2 Å². The number of aliphatic hydroxyl groups is 1. The lowest BCUT2D eigenvalue weighted by molar-refractivity contribution is 0.278. The number of nitrogens with zero attached hydrogens (tertiary/aromatic N) is 3. The number of imidazole rings is 1. The summed E-state index contributed by atoms with van der Waals surface area (Å²) in [7, 11) is 1.93. The van der Waals surface area contributed by atoms with Gasteiger partial charge in [0.1, 0.15) is 11.6 Å². The van der Waals surface area contributed by atoms with Crippen LogP contribution in [0.4, 0.5) is 8.78 Å². The summed E-state index contributed by atoms with van der Waals surface area (Å²) in [6.45, 7) is -0.418. The minimum absolute atomic E-state index is 0.0568. The maximum atomic E-state index is 15.3. The lowest BCUT2D eigenvalue weighted by Crippen LogP contribution is -2.04. The van der Waals surface area contributed by atoms with Crippen LogP contribution in [0.5, 0.6) is 0 Å². The van der Waals surface area contributed by atoms with E-state index in [-0.39, 0.29) is 15.7 Å². The van der Waals surface area contributed by atoms with Crippen LogP contribution in [0.15, 0.2) is 66.9 Å². The van der Waals surface area contributed by atoms with Crippen molar-refractivity contribution in [1.29, 1.82) is 0 Å². The summed E-state index contributed by atoms with van der Waals surface area (Å²) in [6, 6.07) is 16.6. The first-order valence-electron chi connectivity index (χ1n) is 10.1. The number of aliphatic hydroxyl groups excluding tert-OH is 1. The molecule has 0 atom stereocenters. The normalized spacial score (nSPS) is 11.5. The summed E-state index contributed by atoms with van der Waals surface area (Å²) in [5, 5.41) is 11.0. The highest BCUT2D eigenvalue weighted by molar-refractivity contribution is 6.31. The third-order valence-corrected chi connectivity index (χ3v) is 6.19. The Labute approximate surface area is 198 Å². The van der Waals surface area contributed by atoms with Crippen LogP contribution in [-0.4, -0.2) is 19.2 Å². The van der Waals surface area contributed by atoms with Crippen molar-refractivity contribution >= 4 is 34.1 Å². The van der Waals surface area contributed by atoms with Gasteiger partial charge in [-0.05, 0) is 47.9 Å². The third-order valence-electron chi connectivity index (χ3n) is 5.61. The Morgan fingerprint density at radius 3 is 2.48 bits per heavy atom. The molecule has 0 saturated carbocycles. The molecule has 0 saturated heterocycles. The molecular weight excluding hydrogens is 467 g/mol. The Bertz CT molecular complexity index is 1520. The standard InChI is InChI=1S/C25H17Cl2F2N3O/c1-31-10-9-14-5-6-16(12-22(14)31)25-30-20(13-33)24(15-7-8-19(28)18(27)11-15)32(25)21-4-2-3-17(26)23(21)29/h2-12,33H,13H2,1H3. The summed E-state index contributed by atoms with van der Waals surface area (Å²) in [4.78, 5) is 4.65. The molecular formula is C25H17Cl2F2N3O. The molecule has 5 aromatic rings. The summed E-state index contributed by atoms with van der Waals surface area (Å²) in [5.41, 5.74) is 2.97. The Morgan fingerprint density at radius 2 is 1.73 bits per heavy atom. The Hall–Kier alpha value is -3.19. The molecule has 33 heavy (non-hydrogen) atoms. The number of hydrogen-bond donors (Lipinski definition) is 1. The largest absolute Gasteiger partial charge is 0.390 e. The monoisotopic (exact) mass is 483 g/mol. The van der Waals surface area contributed by atoms with Gasteiger partial charge in [0.05, 0.1) is 33.7 Å². The second-order valence-electron chi connectivity index (χ2n) is 7.63. The van der Waals surface area contributed by atoms with Crippen LogP contribution in [0.25, 0.3) is 39.2 Å². The fraction of sp³-hybridized carbons (Fsp3) is 0.0800. The van der Waals surface area contributed by atoms with E-state index in [1.165, 1.54) is 24.3 Å². The van der Waals surface area contributed by atoms with E-state index >= 15 is 4.39 Å². The molecule has 5 rings (SSSR count). The van der Waals surface area contributed by atoms with Gasteiger partial charge in [0.15, 0.2) is 5.82 Å². The highest BCUT2D eigenvalue weighted by atomic mass is 35.5. The van der Waals surface area contributed by atoms with Gasteiger partial charge in [0.25, 0.3) is 0 Å². The SMILES string of the molecule is Cn1ccc2ccc(-c3nc(CO)c(-c4ccc(F)c(Cl)c4)n3-c3cccc(Cl)c3F)cc21. The zero-order valence-corrected chi connectivity index (χ0v) is 18.9. The van der Waals surface area contributed by atoms with E-state index in [0.717, 1.165) is 10.9 Å². The van der Waals surface area contributed by atoms with E-state index in [0.29, 0.717) is 28.3 Å². The molecule has 0 bridgehead atoms. The van der Waals surface area contributed by atoms with Crippen molar-refractivity contribution in [3.8, 4) is 28.3 Å². The summed E-state index contributed by atoms with van der Waals surface area (Å²) >= 11 is 12.1. The minimum Gasteiger partial charge on any atom is -0.390 e. The lowest BCUT2D eigenvalue weighted by atomic mass is 10.1. The summed E-state index contributed by atoms with van der Waals surface area (Å²) in [6.07, 6.45) is 1.95. The summed E-state index contributed by atoms with van der Waals surface area (Å²) < 4.78 is 32.7. The van der Waals surface area contributed by atoms with Crippen molar-refractivity contribution in [1.82, 2.24) is 14.1 Å². The highest BCUT2D eigenvalue weighted by Gasteiger charge is 2.24. The number of aromatic nitrogens is 3. The number of halogens is 4. The molecule has 0 aliphatic rings. The molecule has 0 radical (unpaired) electrons. The van der Waals surface area contributed by atoms with Crippen LogP contribution in [-0.2, 0) is 13.7 Å². The minimum atomic E-state index is -0.642. The number of aryl methyl sites for hydroxylation is 1. The average Bonchev–Trinajstić information content (AvgIpc) is 3.38. The van der Waals surface area contributed by atoms with Crippen LogP contribution < -0.4 is 0 Å². The van der Waals surface area contributed by atoms with Gasteiger partial charge in [-0.2, -0.15) is 0 Å². The van der Waals surface area contributed by atoms with Crippen molar-refractivity contribution < 1.29 is 13.9 Å². The first-order valence-corrected chi connectivity index (χ1v) is 10.8. The number of fused-ring (bicyclic) bond motifs is 1. The smallest absolute Gasteiger partial charge is 0.165 e. The Morgan fingerprint density at radius 1 is 0.939 bits per heavy atom. The predicted molar refractivity (Wildman–Crippen MR) is 127 cm³/mol. The molecule has 166 valence electrons. The molecule has 0 aliphatic carbocycles. The van der Waals surface area contributed by atoms with Crippen LogP contribution in [0, 0.1) is 11.6 Å². The van der Waals surface area contributed by atoms with E-state index in [9.17, 15) is 9.50 Å². The quantitative estimate of drug-likeness (QED) is 0.306. The van der Waals surface area contributed by atoms with Gasteiger partial charge in [-0.1, -0.05) is 41.4 Å². The molecule has 0 unspecified atom stereocenters. The second-order valence-corrected chi connectivity index (χ2v) is 8.44. The molecule has 0 fully saturated rings. The van der Waals surface area contributed by atoms with Gasteiger partial charge in [0, 0.05) is 29.9 Å². The van der Waals surface area contributed by atoms with Gasteiger partial charge in [-0.15, -0.1) is 0 Å². The van der Waals surface area contributed by atoms with E-state index in [1.807, 2.05) is 42.1 Å². The first kappa shape index (κ1) is 21.6. The predicted octanol–water partition coefficient (Wildman–Crippen LogP) is 6.78. The number of hydrogen-bond acceptors (Lipinski definition) is 2. The zero-order chi connectivity index (χ0) is 23.3. The molecule has 8 heteroatoms. The van der Waals surface area contributed by atoms with Crippen molar-refractivity contribution in [3.63, 3.8) is 0 Å². The number of rotatable bonds is 4. The van der Waals surface area contributed by atoms with Crippen LogP contribution in [0.2, 0.25) is 10.0 Å². The fourth-order valence-electron chi connectivity index (χ4n) is 4.01. The molecule has 2 aromatic heterocycles. The molecule has 2 heterocycles. The van der Waals surface area contributed by atoms with Crippen molar-refractivity contribution in [2.75, 3.05) is 0 Å². The van der Waals surface area contributed by atoms with Gasteiger partial charge >= 0.3 is 0 Å². The van der Waals surface area contributed by atoms with Crippen LogP contribution in [0.3, 0.4) is 0 Å². The molecule has 3 aromatic carbocycles. The zero-order valence-electron chi connectivity index (χ0n) is 17.4. The van der Waals surface area contributed by atoms with E-state index < -0.39 is 18.2 Å². The van der Waals surface area contributed by atoms with Crippen molar-refractivity contribution in [2.45, 2.75) is 6.61 Å². The maximum Gasteiger partial charge on any atom is 0.165 e. The molecule has 0 aliphatic heterocycles. The van der Waals surface area contributed by atoms with E-state index in [1.54, 1.807) is 16.7 Å². The van der Waals surface area contributed by atoms with E-state index in [2.05, 4.69) is 4.98 Å². The molecule has 1 N–H and O–H groups in total.